The first kappa shape index (κ1) is 14.0. The smallest absolute Gasteiger partial charge is 0.237 e. The standard InChI is InChI=1S/C15H20N2OS/c1-10(2)11-5-3-6-12(9-11)17-14(18)15(13(16)19)7-4-8-15/h3,5-6,9-10H,4,7-8H2,1-2H3,(H2,16,19)(H,17,18). The Morgan fingerprint density at radius 3 is 2.58 bits per heavy atom. The fraction of sp³-hybridized carbons (Fsp3) is 0.467. The molecule has 1 aliphatic carbocycles. The Kier molecular flexibility index (Phi) is 3.90. The van der Waals surface area contributed by atoms with Gasteiger partial charge in [0.2, 0.25) is 5.91 Å². The normalized spacial score (nSPS) is 16.8. The Morgan fingerprint density at radius 1 is 1.42 bits per heavy atom. The lowest BCUT2D eigenvalue weighted by atomic mass is 9.68. The van der Waals surface area contributed by atoms with Crippen molar-refractivity contribution in [3.05, 3.63) is 29.8 Å². The van der Waals surface area contributed by atoms with Crippen LogP contribution in [0.1, 0.15) is 44.6 Å². The van der Waals surface area contributed by atoms with Crippen LogP contribution in [-0.4, -0.2) is 10.9 Å². The number of carbonyl (C=O) groups excluding carboxylic acids is 1. The largest absolute Gasteiger partial charge is 0.392 e. The lowest BCUT2D eigenvalue weighted by molar-refractivity contribution is -0.125. The van der Waals surface area contributed by atoms with Gasteiger partial charge in [-0.1, -0.05) is 44.6 Å². The van der Waals surface area contributed by atoms with Gasteiger partial charge in [0.1, 0.15) is 0 Å². The van der Waals surface area contributed by atoms with Crippen LogP contribution in [-0.2, 0) is 4.79 Å². The molecule has 102 valence electrons. The maximum absolute atomic E-state index is 12.4. The van der Waals surface area contributed by atoms with Crippen molar-refractivity contribution in [2.45, 2.75) is 39.0 Å². The van der Waals surface area contributed by atoms with Crippen molar-refractivity contribution in [1.82, 2.24) is 0 Å². The van der Waals surface area contributed by atoms with Crippen LogP contribution in [0.15, 0.2) is 24.3 Å². The molecule has 1 aromatic carbocycles. The Labute approximate surface area is 119 Å². The molecule has 0 heterocycles. The molecule has 0 unspecified atom stereocenters. The number of hydrogen-bond donors (Lipinski definition) is 2. The van der Waals surface area contributed by atoms with Crippen LogP contribution in [0.2, 0.25) is 0 Å². The second kappa shape index (κ2) is 5.29. The summed E-state index contributed by atoms with van der Waals surface area (Å²) in [6, 6.07) is 7.93. The molecule has 4 heteroatoms. The number of benzene rings is 1. The number of thiocarbonyl (C=S) groups is 1. The third-order valence-corrected chi connectivity index (χ3v) is 4.32. The summed E-state index contributed by atoms with van der Waals surface area (Å²) in [7, 11) is 0. The van der Waals surface area contributed by atoms with Gasteiger partial charge in [-0.3, -0.25) is 4.79 Å². The van der Waals surface area contributed by atoms with Crippen LogP contribution in [0.3, 0.4) is 0 Å². The van der Waals surface area contributed by atoms with Gasteiger partial charge in [0.05, 0.1) is 10.4 Å². The molecule has 1 aliphatic rings. The van der Waals surface area contributed by atoms with Gasteiger partial charge in [-0.2, -0.15) is 0 Å². The van der Waals surface area contributed by atoms with E-state index in [2.05, 4.69) is 25.2 Å². The molecule has 0 aliphatic heterocycles. The monoisotopic (exact) mass is 276 g/mol. The molecule has 3 nitrogen and oxygen atoms in total. The summed E-state index contributed by atoms with van der Waals surface area (Å²) >= 11 is 5.06. The number of amides is 1. The maximum Gasteiger partial charge on any atom is 0.237 e. The zero-order chi connectivity index (χ0) is 14.0. The van der Waals surface area contributed by atoms with Gasteiger partial charge in [-0.05, 0) is 36.5 Å². The minimum Gasteiger partial charge on any atom is -0.392 e. The van der Waals surface area contributed by atoms with Gasteiger partial charge < -0.3 is 11.1 Å². The van der Waals surface area contributed by atoms with Crippen molar-refractivity contribution >= 4 is 28.8 Å². The van der Waals surface area contributed by atoms with Crippen molar-refractivity contribution in [2.75, 3.05) is 5.32 Å². The molecule has 0 radical (unpaired) electrons. The molecule has 0 saturated heterocycles. The van der Waals surface area contributed by atoms with E-state index in [-0.39, 0.29) is 5.91 Å². The number of nitrogens with one attached hydrogen (secondary N) is 1. The summed E-state index contributed by atoms with van der Waals surface area (Å²) in [5, 5.41) is 2.95. The van der Waals surface area contributed by atoms with Crippen LogP contribution in [0.5, 0.6) is 0 Å². The minimum absolute atomic E-state index is 0.0628. The van der Waals surface area contributed by atoms with E-state index in [0.29, 0.717) is 10.9 Å². The quantitative estimate of drug-likeness (QED) is 0.830. The first-order chi connectivity index (χ1) is 8.95. The van der Waals surface area contributed by atoms with Crippen LogP contribution >= 0.6 is 12.2 Å². The van der Waals surface area contributed by atoms with Gasteiger partial charge in [0, 0.05) is 5.69 Å². The van der Waals surface area contributed by atoms with Crippen LogP contribution in [0.25, 0.3) is 0 Å². The van der Waals surface area contributed by atoms with Crippen molar-refractivity contribution in [3.63, 3.8) is 0 Å². The molecule has 0 atom stereocenters. The van der Waals surface area contributed by atoms with E-state index < -0.39 is 5.41 Å². The predicted octanol–water partition coefficient (Wildman–Crippen LogP) is 3.20. The second-order valence-electron chi connectivity index (χ2n) is 5.53. The highest BCUT2D eigenvalue weighted by Gasteiger charge is 2.46. The number of carbonyl (C=O) groups is 1. The lowest BCUT2D eigenvalue weighted by Crippen LogP contribution is -2.50. The van der Waals surface area contributed by atoms with Gasteiger partial charge >= 0.3 is 0 Å². The van der Waals surface area contributed by atoms with E-state index in [1.54, 1.807) is 0 Å². The Hall–Kier alpha value is -1.42. The average molecular weight is 276 g/mol. The summed E-state index contributed by atoms with van der Waals surface area (Å²) in [5.74, 6) is 0.372. The SMILES string of the molecule is CC(C)c1cccc(NC(=O)C2(C(N)=S)CCC2)c1. The van der Waals surface area contributed by atoms with Crippen LogP contribution in [0, 0.1) is 5.41 Å². The van der Waals surface area contributed by atoms with Crippen molar-refractivity contribution < 1.29 is 4.79 Å². The van der Waals surface area contributed by atoms with Crippen molar-refractivity contribution in [3.8, 4) is 0 Å². The summed E-state index contributed by atoms with van der Waals surface area (Å²) in [6.45, 7) is 4.26. The first-order valence-corrected chi connectivity index (χ1v) is 7.08. The third kappa shape index (κ3) is 2.63. The zero-order valence-corrected chi connectivity index (χ0v) is 12.2. The van der Waals surface area contributed by atoms with E-state index in [1.807, 2.05) is 18.2 Å². The Balaban J connectivity index is 2.15. The van der Waals surface area contributed by atoms with Crippen molar-refractivity contribution in [2.24, 2.45) is 11.1 Å². The molecular weight excluding hydrogens is 256 g/mol. The summed E-state index contributed by atoms with van der Waals surface area (Å²) in [5.41, 5.74) is 7.14. The van der Waals surface area contributed by atoms with Gasteiger partial charge in [0.25, 0.3) is 0 Å². The zero-order valence-electron chi connectivity index (χ0n) is 11.4. The second-order valence-corrected chi connectivity index (χ2v) is 5.97. The Morgan fingerprint density at radius 2 is 2.11 bits per heavy atom. The number of anilines is 1. The van der Waals surface area contributed by atoms with Crippen LogP contribution in [0.4, 0.5) is 5.69 Å². The molecule has 1 fully saturated rings. The molecule has 3 N–H and O–H groups in total. The predicted molar refractivity (Wildman–Crippen MR) is 82.2 cm³/mol. The highest BCUT2D eigenvalue weighted by molar-refractivity contribution is 7.80. The number of rotatable bonds is 4. The fourth-order valence-corrected chi connectivity index (χ4v) is 2.64. The lowest BCUT2D eigenvalue weighted by Gasteiger charge is -2.39. The van der Waals surface area contributed by atoms with Gasteiger partial charge in [-0.15, -0.1) is 0 Å². The number of nitrogens with two attached hydrogens (primary N) is 1. The molecule has 1 amide bonds. The maximum atomic E-state index is 12.4. The van der Waals surface area contributed by atoms with E-state index in [4.69, 9.17) is 18.0 Å². The summed E-state index contributed by atoms with van der Waals surface area (Å²) in [4.78, 5) is 12.7. The average Bonchev–Trinajstić information content (AvgIpc) is 2.26. The highest BCUT2D eigenvalue weighted by atomic mass is 32.1. The molecule has 0 bridgehead atoms. The third-order valence-electron chi connectivity index (χ3n) is 3.92. The molecular formula is C15H20N2OS. The van der Waals surface area contributed by atoms with E-state index in [0.717, 1.165) is 24.9 Å². The fourth-order valence-electron chi connectivity index (χ4n) is 2.34. The molecule has 0 spiro atoms. The van der Waals surface area contributed by atoms with E-state index in [1.165, 1.54) is 5.56 Å². The van der Waals surface area contributed by atoms with Gasteiger partial charge in [-0.25, -0.2) is 0 Å². The van der Waals surface area contributed by atoms with Gasteiger partial charge in [0.15, 0.2) is 0 Å². The molecule has 2 rings (SSSR count). The summed E-state index contributed by atoms with van der Waals surface area (Å²) in [6.07, 6.45) is 2.53. The number of hydrogen-bond acceptors (Lipinski definition) is 2. The first-order valence-electron chi connectivity index (χ1n) is 6.67. The van der Waals surface area contributed by atoms with E-state index >= 15 is 0 Å². The molecule has 1 aromatic rings. The molecule has 0 aromatic heterocycles. The highest BCUT2D eigenvalue weighted by Crippen LogP contribution is 2.42. The minimum atomic E-state index is -0.622. The molecule has 19 heavy (non-hydrogen) atoms. The topological polar surface area (TPSA) is 55.1 Å². The summed E-state index contributed by atoms with van der Waals surface area (Å²) < 4.78 is 0. The Bertz CT molecular complexity index is 507. The van der Waals surface area contributed by atoms with E-state index in [9.17, 15) is 4.79 Å². The van der Waals surface area contributed by atoms with Crippen molar-refractivity contribution in [1.29, 1.82) is 0 Å². The molecule has 1 saturated carbocycles. The van der Waals surface area contributed by atoms with Crippen LogP contribution < -0.4 is 11.1 Å².